The van der Waals surface area contributed by atoms with E-state index in [4.69, 9.17) is 9.15 Å². The van der Waals surface area contributed by atoms with Gasteiger partial charge in [-0.15, -0.1) is 11.8 Å². The van der Waals surface area contributed by atoms with Crippen molar-refractivity contribution >= 4 is 29.4 Å². The van der Waals surface area contributed by atoms with Gasteiger partial charge in [-0.05, 0) is 49.7 Å². The van der Waals surface area contributed by atoms with Gasteiger partial charge in [-0.3, -0.25) is 9.69 Å². The standard InChI is InChI=1S/C22H27N3O4S/c1-2-28-18-7-5-17(6-8-18)25-12-11-24(22(25)27)16-21(26)23-10-9-20(30-15-13-23)19-4-3-14-29-19/h3-8,14,20H,2,9-13,15-16H2,1H3. The lowest BCUT2D eigenvalue weighted by molar-refractivity contribution is -0.131. The van der Waals surface area contributed by atoms with Crippen LogP contribution in [0.4, 0.5) is 10.5 Å². The highest BCUT2D eigenvalue weighted by Gasteiger charge is 2.32. The minimum absolute atomic E-state index is 0.0117. The van der Waals surface area contributed by atoms with Crippen molar-refractivity contribution in [2.45, 2.75) is 18.6 Å². The Morgan fingerprint density at radius 3 is 2.73 bits per heavy atom. The molecule has 1 unspecified atom stereocenters. The summed E-state index contributed by atoms with van der Waals surface area (Å²) in [5.74, 6) is 2.63. The number of carbonyl (C=O) groups is 2. The number of rotatable bonds is 6. The molecule has 160 valence electrons. The van der Waals surface area contributed by atoms with E-state index in [9.17, 15) is 9.59 Å². The first-order valence-electron chi connectivity index (χ1n) is 10.4. The van der Waals surface area contributed by atoms with Crippen LogP contribution in [0.2, 0.25) is 0 Å². The number of amides is 3. The molecule has 30 heavy (non-hydrogen) atoms. The van der Waals surface area contributed by atoms with E-state index in [1.807, 2.05) is 60.0 Å². The summed E-state index contributed by atoms with van der Waals surface area (Å²) in [5, 5.41) is 0.279. The Morgan fingerprint density at radius 1 is 1.17 bits per heavy atom. The Kier molecular flexibility index (Phi) is 6.52. The maximum atomic E-state index is 12.9. The zero-order valence-electron chi connectivity index (χ0n) is 17.2. The van der Waals surface area contributed by atoms with Gasteiger partial charge in [0.15, 0.2) is 0 Å². The highest BCUT2D eigenvalue weighted by atomic mass is 32.2. The molecule has 2 aliphatic rings. The van der Waals surface area contributed by atoms with Gasteiger partial charge in [-0.1, -0.05) is 0 Å². The van der Waals surface area contributed by atoms with E-state index >= 15 is 0 Å². The quantitative estimate of drug-likeness (QED) is 0.702. The second-order valence-corrected chi connectivity index (χ2v) is 8.64. The molecule has 0 bridgehead atoms. The fourth-order valence-corrected chi connectivity index (χ4v) is 5.02. The summed E-state index contributed by atoms with van der Waals surface area (Å²) in [6, 6.07) is 11.3. The first kappa shape index (κ1) is 20.7. The van der Waals surface area contributed by atoms with E-state index in [-0.39, 0.29) is 23.7 Å². The van der Waals surface area contributed by atoms with Crippen molar-refractivity contribution < 1.29 is 18.7 Å². The zero-order valence-corrected chi connectivity index (χ0v) is 18.0. The molecule has 2 aromatic rings. The van der Waals surface area contributed by atoms with Crippen LogP contribution in [0, 0.1) is 0 Å². The molecule has 1 aromatic carbocycles. The topological polar surface area (TPSA) is 66.2 Å². The smallest absolute Gasteiger partial charge is 0.325 e. The van der Waals surface area contributed by atoms with Crippen molar-refractivity contribution in [1.82, 2.24) is 9.80 Å². The van der Waals surface area contributed by atoms with Crippen LogP contribution in [0.15, 0.2) is 47.1 Å². The van der Waals surface area contributed by atoms with Gasteiger partial charge in [0.05, 0.1) is 18.1 Å². The van der Waals surface area contributed by atoms with Crippen LogP contribution in [0.5, 0.6) is 5.75 Å². The van der Waals surface area contributed by atoms with Gasteiger partial charge in [0.25, 0.3) is 0 Å². The maximum absolute atomic E-state index is 12.9. The van der Waals surface area contributed by atoms with Crippen LogP contribution in [0.25, 0.3) is 0 Å². The molecule has 2 saturated heterocycles. The lowest BCUT2D eigenvalue weighted by Crippen LogP contribution is -2.43. The van der Waals surface area contributed by atoms with E-state index < -0.39 is 0 Å². The van der Waals surface area contributed by atoms with Crippen LogP contribution in [0.3, 0.4) is 0 Å². The minimum atomic E-state index is -0.120. The second-order valence-electron chi connectivity index (χ2n) is 7.33. The number of urea groups is 1. The fraction of sp³-hybridized carbons (Fsp3) is 0.455. The highest BCUT2D eigenvalue weighted by Crippen LogP contribution is 2.34. The molecule has 3 amide bonds. The lowest BCUT2D eigenvalue weighted by atomic mass is 10.2. The van der Waals surface area contributed by atoms with Crippen LogP contribution in [-0.2, 0) is 4.79 Å². The summed E-state index contributed by atoms with van der Waals surface area (Å²) in [6.45, 7) is 5.18. The molecular formula is C22H27N3O4S. The third-order valence-corrected chi connectivity index (χ3v) is 6.72. The molecule has 3 heterocycles. The number of nitrogens with zero attached hydrogens (tertiary/aromatic N) is 3. The largest absolute Gasteiger partial charge is 0.494 e. The third kappa shape index (κ3) is 4.59. The van der Waals surface area contributed by atoms with Crippen LogP contribution < -0.4 is 9.64 Å². The van der Waals surface area contributed by atoms with E-state index in [2.05, 4.69) is 0 Å². The Balaban J connectivity index is 1.32. The van der Waals surface area contributed by atoms with Crippen molar-refractivity contribution in [3.8, 4) is 5.75 Å². The number of ether oxygens (including phenoxy) is 1. The second kappa shape index (κ2) is 9.47. The Bertz CT molecular complexity index is 856. The van der Waals surface area contributed by atoms with E-state index in [1.165, 1.54) is 0 Å². The van der Waals surface area contributed by atoms with Crippen molar-refractivity contribution in [2.24, 2.45) is 0 Å². The van der Waals surface area contributed by atoms with Crippen LogP contribution in [0.1, 0.15) is 24.4 Å². The summed E-state index contributed by atoms with van der Waals surface area (Å²) in [7, 11) is 0. The average Bonchev–Trinajstić information content (AvgIpc) is 3.33. The first-order chi connectivity index (χ1) is 14.7. The van der Waals surface area contributed by atoms with Crippen molar-refractivity contribution in [3.63, 3.8) is 0 Å². The number of anilines is 1. The molecule has 0 spiro atoms. The Labute approximate surface area is 180 Å². The number of thioether (sulfide) groups is 1. The number of benzene rings is 1. The molecule has 2 aliphatic heterocycles. The number of hydrogen-bond acceptors (Lipinski definition) is 5. The van der Waals surface area contributed by atoms with Crippen LogP contribution in [-0.4, -0.2) is 66.8 Å². The number of carbonyl (C=O) groups excluding carboxylic acids is 2. The average molecular weight is 430 g/mol. The van der Waals surface area contributed by atoms with Crippen molar-refractivity contribution in [3.05, 3.63) is 48.4 Å². The van der Waals surface area contributed by atoms with E-state index in [0.29, 0.717) is 32.8 Å². The van der Waals surface area contributed by atoms with Gasteiger partial charge in [0.2, 0.25) is 5.91 Å². The van der Waals surface area contributed by atoms with E-state index in [1.54, 1.807) is 16.1 Å². The summed E-state index contributed by atoms with van der Waals surface area (Å²) >= 11 is 1.82. The molecular weight excluding hydrogens is 402 g/mol. The maximum Gasteiger partial charge on any atom is 0.325 e. The van der Waals surface area contributed by atoms with Crippen LogP contribution >= 0.6 is 11.8 Å². The Hall–Kier alpha value is -2.61. The summed E-state index contributed by atoms with van der Waals surface area (Å²) in [5.41, 5.74) is 0.825. The molecule has 0 aliphatic carbocycles. The van der Waals surface area contributed by atoms with Gasteiger partial charge < -0.3 is 19.0 Å². The van der Waals surface area contributed by atoms with E-state index in [0.717, 1.165) is 29.4 Å². The van der Waals surface area contributed by atoms with Gasteiger partial charge in [-0.2, -0.15) is 0 Å². The SMILES string of the molecule is CCOc1ccc(N2CCN(CC(=O)N3CCSC(c4ccco4)CC3)C2=O)cc1. The third-order valence-electron chi connectivity index (χ3n) is 5.44. The lowest BCUT2D eigenvalue weighted by Gasteiger charge is -2.24. The molecule has 2 fully saturated rings. The van der Waals surface area contributed by atoms with Gasteiger partial charge in [0.1, 0.15) is 18.1 Å². The summed E-state index contributed by atoms with van der Waals surface area (Å²) in [4.78, 5) is 30.9. The molecule has 0 N–H and O–H groups in total. The predicted molar refractivity (Wildman–Crippen MR) is 117 cm³/mol. The molecule has 1 atom stereocenters. The summed E-state index contributed by atoms with van der Waals surface area (Å²) < 4.78 is 11.0. The van der Waals surface area contributed by atoms with Gasteiger partial charge >= 0.3 is 6.03 Å². The monoisotopic (exact) mass is 429 g/mol. The number of furan rings is 1. The zero-order chi connectivity index (χ0) is 20.9. The normalized spacial score (nSPS) is 19.8. The first-order valence-corrected chi connectivity index (χ1v) is 11.4. The molecule has 1 aromatic heterocycles. The molecule has 0 saturated carbocycles. The molecule has 0 radical (unpaired) electrons. The van der Waals surface area contributed by atoms with Gasteiger partial charge in [-0.25, -0.2) is 4.79 Å². The predicted octanol–water partition coefficient (Wildman–Crippen LogP) is 3.63. The molecule has 7 nitrogen and oxygen atoms in total. The number of hydrogen-bond donors (Lipinski definition) is 0. The molecule has 4 rings (SSSR count). The summed E-state index contributed by atoms with van der Waals surface area (Å²) in [6.07, 6.45) is 2.55. The van der Waals surface area contributed by atoms with Crippen molar-refractivity contribution in [2.75, 3.05) is 50.0 Å². The highest BCUT2D eigenvalue weighted by molar-refractivity contribution is 7.99. The fourth-order valence-electron chi connectivity index (χ4n) is 3.84. The van der Waals surface area contributed by atoms with Gasteiger partial charge in [0, 0.05) is 37.6 Å². The minimum Gasteiger partial charge on any atom is -0.494 e. The molecule has 8 heteroatoms. The Morgan fingerprint density at radius 2 is 2.00 bits per heavy atom. The van der Waals surface area contributed by atoms with Crippen molar-refractivity contribution in [1.29, 1.82) is 0 Å².